The summed E-state index contributed by atoms with van der Waals surface area (Å²) in [6.07, 6.45) is 1.50. The third-order valence-electron chi connectivity index (χ3n) is 4.83. The first-order valence-electron chi connectivity index (χ1n) is 10.3. The molecule has 0 aliphatic rings. The maximum atomic E-state index is 13.2. The van der Waals surface area contributed by atoms with Crippen molar-refractivity contribution in [2.24, 2.45) is 5.10 Å². The molecule has 0 unspecified atom stereocenters. The van der Waals surface area contributed by atoms with E-state index in [1.165, 1.54) is 32.4 Å². The number of hydrogen-bond acceptors (Lipinski definition) is 5. The molecule has 0 saturated heterocycles. The number of ether oxygens (including phenoxy) is 2. The van der Waals surface area contributed by atoms with Gasteiger partial charge in [-0.2, -0.15) is 5.10 Å². The molecular weight excluding hydrogens is 437 g/mol. The zero-order valence-electron chi connectivity index (χ0n) is 19.0. The Kier molecular flexibility index (Phi) is 8.12. The second-order valence-electron chi connectivity index (χ2n) is 7.14. The molecular formula is C26H24FN3O4. The Labute approximate surface area is 196 Å². The molecule has 2 amide bonds. The molecule has 0 heterocycles. The van der Waals surface area contributed by atoms with Crippen molar-refractivity contribution in [3.05, 3.63) is 101 Å². The van der Waals surface area contributed by atoms with Gasteiger partial charge >= 0.3 is 0 Å². The van der Waals surface area contributed by atoms with Crippen LogP contribution in [0.2, 0.25) is 0 Å². The zero-order chi connectivity index (χ0) is 24.5. The molecule has 3 aromatic rings. The van der Waals surface area contributed by atoms with Gasteiger partial charge in [-0.1, -0.05) is 36.4 Å². The van der Waals surface area contributed by atoms with Crippen molar-refractivity contribution >= 4 is 23.6 Å². The lowest BCUT2D eigenvalue weighted by atomic mass is 10.1. The summed E-state index contributed by atoms with van der Waals surface area (Å²) >= 11 is 0. The molecule has 174 valence electrons. The fraction of sp³-hybridized carbons (Fsp3) is 0.115. The van der Waals surface area contributed by atoms with E-state index in [0.717, 1.165) is 0 Å². The van der Waals surface area contributed by atoms with Crippen molar-refractivity contribution in [2.75, 3.05) is 14.2 Å². The Morgan fingerprint density at radius 2 is 1.56 bits per heavy atom. The predicted molar refractivity (Wildman–Crippen MR) is 128 cm³/mol. The average molecular weight is 461 g/mol. The van der Waals surface area contributed by atoms with Gasteiger partial charge in [-0.05, 0) is 60.5 Å². The average Bonchev–Trinajstić information content (AvgIpc) is 2.87. The molecule has 0 bridgehead atoms. The maximum Gasteiger partial charge on any atom is 0.287 e. The van der Waals surface area contributed by atoms with E-state index in [2.05, 4.69) is 15.8 Å². The molecule has 0 radical (unpaired) electrons. The van der Waals surface area contributed by atoms with Crippen molar-refractivity contribution < 1.29 is 23.5 Å². The first-order chi connectivity index (χ1) is 16.4. The minimum atomic E-state index is -0.638. The minimum Gasteiger partial charge on any atom is -0.493 e. The molecule has 0 spiro atoms. The van der Waals surface area contributed by atoms with Crippen molar-refractivity contribution in [3.63, 3.8) is 0 Å². The van der Waals surface area contributed by atoms with Gasteiger partial charge in [0.15, 0.2) is 11.5 Å². The van der Waals surface area contributed by atoms with Crippen LogP contribution in [0.5, 0.6) is 11.5 Å². The summed E-state index contributed by atoms with van der Waals surface area (Å²) in [4.78, 5) is 25.7. The van der Waals surface area contributed by atoms with Gasteiger partial charge in [0.1, 0.15) is 11.5 Å². The van der Waals surface area contributed by atoms with Crippen molar-refractivity contribution in [1.82, 2.24) is 10.7 Å². The molecule has 0 atom stereocenters. The van der Waals surface area contributed by atoms with Crippen LogP contribution in [-0.4, -0.2) is 31.7 Å². The van der Waals surface area contributed by atoms with Crippen LogP contribution < -0.4 is 20.2 Å². The van der Waals surface area contributed by atoms with Crippen molar-refractivity contribution in [1.29, 1.82) is 0 Å². The zero-order valence-corrected chi connectivity index (χ0v) is 19.0. The fourth-order valence-corrected chi connectivity index (χ4v) is 3.00. The number of rotatable bonds is 8. The van der Waals surface area contributed by atoms with Crippen LogP contribution in [-0.2, 0) is 4.79 Å². The Morgan fingerprint density at radius 3 is 2.21 bits per heavy atom. The van der Waals surface area contributed by atoms with Gasteiger partial charge < -0.3 is 14.8 Å². The number of nitrogens with one attached hydrogen (secondary N) is 2. The largest absolute Gasteiger partial charge is 0.493 e. The quantitative estimate of drug-likeness (QED) is 0.300. The van der Waals surface area contributed by atoms with E-state index in [4.69, 9.17) is 9.47 Å². The summed E-state index contributed by atoms with van der Waals surface area (Å²) in [5.74, 6) is -0.472. The van der Waals surface area contributed by atoms with Gasteiger partial charge in [-0.15, -0.1) is 0 Å². The van der Waals surface area contributed by atoms with E-state index in [1.807, 2.05) is 0 Å². The van der Waals surface area contributed by atoms with E-state index in [-0.39, 0.29) is 11.5 Å². The first kappa shape index (κ1) is 24.2. The lowest BCUT2D eigenvalue weighted by Gasteiger charge is -2.11. The van der Waals surface area contributed by atoms with Gasteiger partial charge in [0.05, 0.1) is 19.9 Å². The molecule has 0 aliphatic heterocycles. The number of halogens is 1. The van der Waals surface area contributed by atoms with Gasteiger partial charge in [0.2, 0.25) is 0 Å². The molecule has 2 N–H and O–H groups in total. The van der Waals surface area contributed by atoms with Crippen LogP contribution in [0.25, 0.3) is 6.08 Å². The van der Waals surface area contributed by atoms with E-state index in [0.29, 0.717) is 33.9 Å². The SMILES string of the molecule is COc1ccc(C=C(NC(=O)c2ccccc2)C(=O)NN=C(C)c2ccc(F)cc2)cc1OC. The molecule has 3 rings (SSSR count). The van der Waals surface area contributed by atoms with Crippen LogP contribution in [0.1, 0.15) is 28.4 Å². The van der Waals surface area contributed by atoms with Gasteiger partial charge in [-0.3, -0.25) is 9.59 Å². The van der Waals surface area contributed by atoms with Crippen molar-refractivity contribution in [2.45, 2.75) is 6.92 Å². The highest BCUT2D eigenvalue weighted by Crippen LogP contribution is 2.28. The fourth-order valence-electron chi connectivity index (χ4n) is 3.00. The van der Waals surface area contributed by atoms with E-state index in [9.17, 15) is 14.0 Å². The number of hydrogen-bond donors (Lipinski definition) is 2. The number of carbonyl (C=O) groups excluding carboxylic acids is 2. The van der Waals surface area contributed by atoms with Gasteiger partial charge in [-0.25, -0.2) is 9.82 Å². The van der Waals surface area contributed by atoms with Crippen LogP contribution >= 0.6 is 0 Å². The smallest absolute Gasteiger partial charge is 0.287 e. The summed E-state index contributed by atoms with van der Waals surface area (Å²) in [7, 11) is 3.02. The molecule has 0 saturated carbocycles. The first-order valence-corrected chi connectivity index (χ1v) is 10.3. The van der Waals surface area contributed by atoms with Gasteiger partial charge in [0, 0.05) is 5.56 Å². The lowest BCUT2D eigenvalue weighted by molar-refractivity contribution is -0.117. The Morgan fingerprint density at radius 1 is 0.882 bits per heavy atom. The summed E-state index contributed by atoms with van der Waals surface area (Å²) in [5, 5.41) is 6.72. The van der Waals surface area contributed by atoms with Crippen LogP contribution in [0, 0.1) is 5.82 Å². The summed E-state index contributed by atoms with van der Waals surface area (Å²) in [6.45, 7) is 1.67. The Bertz CT molecular complexity index is 1220. The summed E-state index contributed by atoms with van der Waals surface area (Å²) in [5.41, 5.74) is 4.50. The number of benzene rings is 3. The highest BCUT2D eigenvalue weighted by atomic mass is 19.1. The minimum absolute atomic E-state index is 0.0308. The monoisotopic (exact) mass is 461 g/mol. The summed E-state index contributed by atoms with van der Waals surface area (Å²) < 4.78 is 23.7. The molecule has 8 heteroatoms. The van der Waals surface area contributed by atoms with Crippen LogP contribution in [0.4, 0.5) is 4.39 Å². The number of carbonyl (C=O) groups is 2. The molecule has 7 nitrogen and oxygen atoms in total. The topological polar surface area (TPSA) is 89.0 Å². The molecule has 34 heavy (non-hydrogen) atoms. The van der Waals surface area contributed by atoms with Gasteiger partial charge in [0.25, 0.3) is 11.8 Å². The van der Waals surface area contributed by atoms with Crippen LogP contribution in [0.3, 0.4) is 0 Å². The van der Waals surface area contributed by atoms with E-state index >= 15 is 0 Å². The number of methoxy groups -OCH3 is 2. The second-order valence-corrected chi connectivity index (χ2v) is 7.14. The normalized spacial score (nSPS) is 11.5. The number of amides is 2. The lowest BCUT2D eigenvalue weighted by Crippen LogP contribution is -2.33. The Balaban J connectivity index is 1.89. The second kappa shape index (κ2) is 11.4. The van der Waals surface area contributed by atoms with E-state index in [1.54, 1.807) is 67.6 Å². The molecule has 3 aromatic carbocycles. The van der Waals surface area contributed by atoms with Crippen LogP contribution in [0.15, 0.2) is 83.6 Å². The number of hydrazone groups is 1. The standard InChI is InChI=1S/C26H24FN3O4/c1-17(19-10-12-21(27)13-11-19)29-30-26(32)22(28-25(31)20-7-5-4-6-8-20)15-18-9-14-23(33-2)24(16-18)34-3/h4-16H,1-3H3,(H,28,31)(H,30,32). The maximum absolute atomic E-state index is 13.2. The summed E-state index contributed by atoms with van der Waals surface area (Å²) in [6, 6.07) is 19.3. The molecule has 0 fully saturated rings. The molecule has 0 aliphatic carbocycles. The third-order valence-corrected chi connectivity index (χ3v) is 4.83. The van der Waals surface area contributed by atoms with Crippen molar-refractivity contribution in [3.8, 4) is 11.5 Å². The highest BCUT2D eigenvalue weighted by molar-refractivity contribution is 6.06. The predicted octanol–water partition coefficient (Wildman–Crippen LogP) is 4.15. The number of nitrogens with zero attached hydrogens (tertiary/aromatic N) is 1. The van der Waals surface area contributed by atoms with E-state index < -0.39 is 11.8 Å². The Hall–Kier alpha value is -4.46. The third kappa shape index (κ3) is 6.29. The molecule has 0 aromatic heterocycles. The highest BCUT2D eigenvalue weighted by Gasteiger charge is 2.15.